The Hall–Kier alpha value is -2.35. The van der Waals surface area contributed by atoms with Crippen LogP contribution in [-0.2, 0) is 36.7 Å². The number of rotatable bonds is 2. The third kappa shape index (κ3) is 5.65. The van der Waals surface area contributed by atoms with Crippen LogP contribution >= 0.6 is 38.8 Å². The lowest BCUT2D eigenvalue weighted by Gasteiger charge is -2.27. The number of aromatic amines is 1. The smallest absolute Gasteiger partial charge is 0.386 e. The molecule has 6 unspecified atom stereocenters. The molecule has 45 heavy (non-hydrogen) atoms. The number of ether oxygens (including phenoxy) is 2. The van der Waals surface area contributed by atoms with Crippen molar-refractivity contribution in [3.63, 3.8) is 0 Å². The van der Waals surface area contributed by atoms with Crippen molar-refractivity contribution >= 4 is 61.0 Å². The van der Waals surface area contributed by atoms with Crippen LogP contribution in [0.2, 0.25) is 10.0 Å². The number of hydrogen-bond donors (Lipinski definition) is 4. The van der Waals surface area contributed by atoms with Gasteiger partial charge < -0.3 is 33.9 Å². The average molecular weight is 713 g/mol. The molecule has 4 aromatic rings. The monoisotopic (exact) mass is 712 g/mol. The highest BCUT2D eigenvalue weighted by Gasteiger charge is 2.54. The predicted octanol–water partition coefficient (Wildman–Crippen LogP) is 1.99. The Morgan fingerprint density at radius 3 is 2.27 bits per heavy atom. The van der Waals surface area contributed by atoms with Crippen LogP contribution < -0.4 is 5.56 Å². The van der Waals surface area contributed by atoms with Gasteiger partial charge in [-0.15, -0.1) is 0 Å². The van der Waals surface area contributed by atoms with Crippen LogP contribution in [0, 0.1) is 0 Å². The van der Waals surface area contributed by atoms with Gasteiger partial charge in [-0.05, 0) is 12.1 Å². The quantitative estimate of drug-likeness (QED) is 0.218. The fourth-order valence-corrected chi connectivity index (χ4v) is 7.61. The Labute approximate surface area is 259 Å². The molecule has 4 N–H and O–H groups in total. The van der Waals surface area contributed by atoms with E-state index in [1.54, 1.807) is 0 Å². The van der Waals surface area contributed by atoms with Crippen molar-refractivity contribution in [2.75, 3.05) is 13.2 Å². The summed E-state index contributed by atoms with van der Waals surface area (Å²) < 4.78 is 76.4. The molecule has 0 aliphatic carbocycles. The Kier molecular flexibility index (Phi) is 7.93. The normalized spacial score (nSPS) is 37.7. The first-order valence-electron chi connectivity index (χ1n) is 13.0. The SMILES string of the molecule is O=c1[nH]cnc2c1ncn2[C@@H]1O[C@@H]2COP(=O)(O)OC3C(O)[C@H](n4cnc5cc(Cl)c(Cl)cc54)O[C@@H]3COP(=O)(O)OC2C1F. The van der Waals surface area contributed by atoms with Gasteiger partial charge in [0, 0.05) is 0 Å². The topological polar surface area (TPSA) is 232 Å². The second kappa shape index (κ2) is 11.4. The van der Waals surface area contributed by atoms with E-state index >= 15 is 4.39 Å². The summed E-state index contributed by atoms with van der Waals surface area (Å²) in [6.45, 7) is -1.72. The number of aliphatic hydroxyl groups excluding tert-OH is 1. The molecular formula is C22H21Cl2FN6O12P2. The van der Waals surface area contributed by atoms with Gasteiger partial charge in [0.2, 0.25) is 0 Å². The number of fused-ring (bicyclic) bond motifs is 4. The van der Waals surface area contributed by atoms with Crippen LogP contribution in [0.1, 0.15) is 12.5 Å². The molecule has 18 nitrogen and oxygen atoms in total. The molecule has 23 heteroatoms. The summed E-state index contributed by atoms with van der Waals surface area (Å²) in [4.78, 5) is 47.6. The minimum Gasteiger partial charge on any atom is -0.386 e. The second-order valence-electron chi connectivity index (χ2n) is 10.2. The molecule has 3 saturated heterocycles. The molecule has 0 radical (unpaired) electrons. The van der Waals surface area contributed by atoms with Gasteiger partial charge in [-0.2, -0.15) is 0 Å². The number of imidazole rings is 2. The first-order chi connectivity index (χ1) is 21.3. The maximum atomic E-state index is 15.8. The zero-order chi connectivity index (χ0) is 31.8. The van der Waals surface area contributed by atoms with E-state index in [2.05, 4.69) is 19.9 Å². The third-order valence-corrected chi connectivity index (χ3v) is 10.1. The van der Waals surface area contributed by atoms with E-state index in [9.17, 15) is 28.8 Å². The highest BCUT2D eigenvalue weighted by Crippen LogP contribution is 2.54. The standard InChI is InChI=1S/C22H21Cl2FN6O12P2/c23-8-1-10-11(2-9(8)24)30(6-28-10)22-16(32)18-13(41-22)4-39-44(34,35)42-17-12(3-38-45(36,37)43-18)40-21(14(17)25)31-7-29-15-19(31)26-5-27-20(15)33/h1-2,5-7,12-14,16-18,21-22,32H,3-4H2,(H,34,35)(H,36,37)(H,26,27,33)/t12-,13-,14?,16?,17?,18?,21-,22-/m1/s1. The van der Waals surface area contributed by atoms with Crippen LogP contribution in [0.5, 0.6) is 0 Å². The van der Waals surface area contributed by atoms with E-state index in [0.29, 0.717) is 11.0 Å². The van der Waals surface area contributed by atoms with Gasteiger partial charge in [0.1, 0.15) is 30.5 Å². The number of nitrogens with one attached hydrogen (secondary N) is 1. The maximum Gasteiger partial charge on any atom is 0.472 e. The molecule has 0 spiro atoms. The minimum absolute atomic E-state index is 0.0752. The summed E-state index contributed by atoms with van der Waals surface area (Å²) in [6, 6.07) is 2.93. The summed E-state index contributed by atoms with van der Waals surface area (Å²) in [5.41, 5.74) is -0.0834. The predicted molar refractivity (Wildman–Crippen MR) is 148 cm³/mol. The largest absolute Gasteiger partial charge is 0.472 e. The minimum atomic E-state index is -5.11. The molecule has 1 aromatic carbocycles. The van der Waals surface area contributed by atoms with E-state index < -0.39 is 83.6 Å². The molecule has 0 saturated carbocycles. The van der Waals surface area contributed by atoms with Gasteiger partial charge in [0.15, 0.2) is 29.8 Å². The molecule has 10 atom stereocenters. The number of aliphatic hydroxyl groups is 1. The Bertz CT molecular complexity index is 1950. The zero-order valence-electron chi connectivity index (χ0n) is 22.2. The summed E-state index contributed by atoms with van der Waals surface area (Å²) in [6.07, 6.45) is -10.0. The molecular weight excluding hydrogens is 692 g/mol. The number of hydrogen-bond acceptors (Lipinski definition) is 13. The molecule has 3 aliphatic rings. The first kappa shape index (κ1) is 31.3. The number of H-pyrrole nitrogens is 1. The second-order valence-corrected chi connectivity index (χ2v) is 13.8. The molecule has 3 fully saturated rings. The van der Waals surface area contributed by atoms with Crippen LogP contribution in [0.25, 0.3) is 22.2 Å². The van der Waals surface area contributed by atoms with Crippen molar-refractivity contribution < 1.29 is 56.0 Å². The first-order valence-corrected chi connectivity index (χ1v) is 16.7. The fourth-order valence-electron chi connectivity index (χ4n) is 5.37. The molecule has 3 aromatic heterocycles. The Morgan fingerprint density at radius 1 is 0.911 bits per heavy atom. The number of alkyl halides is 1. The van der Waals surface area contributed by atoms with Gasteiger partial charge in [-0.25, -0.2) is 28.5 Å². The van der Waals surface area contributed by atoms with Crippen molar-refractivity contribution in [2.45, 2.75) is 49.1 Å². The van der Waals surface area contributed by atoms with Gasteiger partial charge in [-0.3, -0.25) is 27.5 Å². The van der Waals surface area contributed by atoms with E-state index in [1.807, 2.05) is 0 Å². The molecule has 3 aliphatic heterocycles. The number of nitrogens with zero attached hydrogens (tertiary/aromatic N) is 5. The average Bonchev–Trinajstić information content (AvgIpc) is 3.73. The van der Waals surface area contributed by atoms with E-state index in [1.165, 1.54) is 23.0 Å². The van der Waals surface area contributed by atoms with Crippen molar-refractivity contribution in [1.82, 2.24) is 29.1 Å². The summed E-state index contributed by atoms with van der Waals surface area (Å²) in [5, 5.41) is 11.6. The lowest BCUT2D eigenvalue weighted by molar-refractivity contribution is -0.0662. The zero-order valence-corrected chi connectivity index (χ0v) is 25.5. The summed E-state index contributed by atoms with van der Waals surface area (Å²) >= 11 is 12.2. The van der Waals surface area contributed by atoms with Crippen LogP contribution in [0.3, 0.4) is 0 Å². The van der Waals surface area contributed by atoms with E-state index in [0.717, 1.165) is 17.2 Å². The highest BCUT2D eigenvalue weighted by molar-refractivity contribution is 7.47. The Morgan fingerprint density at radius 2 is 1.53 bits per heavy atom. The number of phosphoric acid groups is 2. The van der Waals surface area contributed by atoms with Crippen molar-refractivity contribution in [3.8, 4) is 0 Å². The van der Waals surface area contributed by atoms with E-state index in [4.69, 9.17) is 50.8 Å². The van der Waals surface area contributed by atoms with Crippen LogP contribution in [-0.4, -0.2) is 93.9 Å². The molecule has 6 heterocycles. The van der Waals surface area contributed by atoms with Crippen molar-refractivity contribution in [2.24, 2.45) is 0 Å². The van der Waals surface area contributed by atoms with Gasteiger partial charge in [0.25, 0.3) is 5.56 Å². The number of phosphoric ester groups is 2. The number of aromatic nitrogens is 6. The lowest BCUT2D eigenvalue weighted by atomic mass is 10.1. The molecule has 0 bridgehead atoms. The molecule has 0 amide bonds. The van der Waals surface area contributed by atoms with Gasteiger partial charge in [0.05, 0.1) is 53.3 Å². The summed E-state index contributed by atoms with van der Waals surface area (Å²) in [5.74, 6) is 0. The van der Waals surface area contributed by atoms with E-state index in [-0.39, 0.29) is 21.2 Å². The van der Waals surface area contributed by atoms with Crippen LogP contribution in [0.4, 0.5) is 4.39 Å². The van der Waals surface area contributed by atoms with Crippen LogP contribution in [0.15, 0.2) is 35.9 Å². The van der Waals surface area contributed by atoms with Crippen molar-refractivity contribution in [1.29, 1.82) is 0 Å². The van der Waals surface area contributed by atoms with Gasteiger partial charge >= 0.3 is 15.6 Å². The van der Waals surface area contributed by atoms with Gasteiger partial charge in [-0.1, -0.05) is 23.2 Å². The third-order valence-electron chi connectivity index (χ3n) is 7.42. The number of halogens is 3. The fraction of sp³-hybridized carbons (Fsp3) is 0.455. The Balaban J connectivity index is 1.17. The molecule has 242 valence electrons. The highest BCUT2D eigenvalue weighted by atomic mass is 35.5. The lowest BCUT2D eigenvalue weighted by Crippen LogP contribution is -2.38. The van der Waals surface area contributed by atoms with Crippen molar-refractivity contribution in [3.05, 3.63) is 51.5 Å². The number of benzene rings is 1. The summed E-state index contributed by atoms with van der Waals surface area (Å²) in [7, 11) is -10.2. The maximum absolute atomic E-state index is 15.8. The molecule has 7 rings (SSSR count).